The van der Waals surface area contributed by atoms with Gasteiger partial charge in [-0.1, -0.05) is 19.8 Å². The van der Waals surface area contributed by atoms with E-state index in [4.69, 9.17) is 5.11 Å². The van der Waals surface area contributed by atoms with Crippen LogP contribution >= 0.6 is 0 Å². The Hall–Kier alpha value is -1.11. The molecular formula is C12H23NO5S. The van der Waals surface area contributed by atoms with E-state index in [-0.39, 0.29) is 0 Å². The number of carbonyl (C=O) groups is 2. The van der Waals surface area contributed by atoms with E-state index in [0.717, 1.165) is 6.42 Å². The summed E-state index contributed by atoms with van der Waals surface area (Å²) in [6.45, 7) is 6.41. The summed E-state index contributed by atoms with van der Waals surface area (Å²) in [5.41, 5.74) is 0. The third kappa shape index (κ3) is 6.04. The summed E-state index contributed by atoms with van der Waals surface area (Å²) in [4.78, 5) is 22.6. The number of unbranched alkanes of at least 4 members (excludes halogenated alkanes) is 1. The summed E-state index contributed by atoms with van der Waals surface area (Å²) in [5.74, 6) is -2.60. The van der Waals surface area contributed by atoms with Crippen molar-refractivity contribution in [2.75, 3.05) is 5.75 Å². The van der Waals surface area contributed by atoms with Gasteiger partial charge in [-0.15, -0.1) is 0 Å². The molecule has 0 aliphatic rings. The van der Waals surface area contributed by atoms with Crippen molar-refractivity contribution < 1.29 is 23.1 Å². The third-order valence-electron chi connectivity index (χ3n) is 2.73. The predicted molar refractivity (Wildman–Crippen MR) is 72.6 cm³/mol. The van der Waals surface area contributed by atoms with Crippen molar-refractivity contribution in [3.05, 3.63) is 0 Å². The zero-order chi connectivity index (χ0) is 15.3. The van der Waals surface area contributed by atoms with E-state index in [2.05, 4.69) is 5.32 Å². The molecule has 19 heavy (non-hydrogen) atoms. The van der Waals surface area contributed by atoms with E-state index in [1.165, 1.54) is 20.8 Å². The van der Waals surface area contributed by atoms with E-state index in [1.807, 2.05) is 6.92 Å². The lowest BCUT2D eigenvalue weighted by Crippen LogP contribution is -2.45. The Kier molecular flexibility index (Phi) is 6.48. The molecule has 0 radical (unpaired) electrons. The van der Waals surface area contributed by atoms with Crippen molar-refractivity contribution in [3.8, 4) is 0 Å². The molecule has 0 rings (SSSR count). The number of aliphatic carboxylic acids is 1. The molecule has 0 unspecified atom stereocenters. The highest BCUT2D eigenvalue weighted by molar-refractivity contribution is 7.93. The van der Waals surface area contributed by atoms with Crippen LogP contribution in [0.2, 0.25) is 0 Å². The zero-order valence-corrected chi connectivity index (χ0v) is 12.7. The predicted octanol–water partition coefficient (Wildman–Crippen LogP) is 0.959. The smallest absolute Gasteiger partial charge is 0.326 e. The number of hydrogen-bond acceptors (Lipinski definition) is 4. The monoisotopic (exact) mass is 293 g/mol. The summed E-state index contributed by atoms with van der Waals surface area (Å²) >= 11 is 0. The summed E-state index contributed by atoms with van der Waals surface area (Å²) < 4.78 is 22.6. The molecule has 0 spiro atoms. The number of sulfone groups is 1. The molecule has 6 nitrogen and oxygen atoms in total. The second-order valence-corrected chi connectivity index (χ2v) is 8.21. The van der Waals surface area contributed by atoms with Crippen LogP contribution in [0.4, 0.5) is 0 Å². The Morgan fingerprint density at radius 2 is 1.79 bits per heavy atom. The van der Waals surface area contributed by atoms with E-state index in [1.54, 1.807) is 0 Å². The van der Waals surface area contributed by atoms with Crippen LogP contribution in [-0.4, -0.2) is 41.9 Å². The van der Waals surface area contributed by atoms with Crippen LogP contribution < -0.4 is 5.32 Å². The van der Waals surface area contributed by atoms with Gasteiger partial charge in [-0.25, -0.2) is 13.2 Å². The number of hydrogen-bond donors (Lipinski definition) is 2. The molecule has 112 valence electrons. The van der Waals surface area contributed by atoms with Crippen LogP contribution in [0.25, 0.3) is 0 Å². The summed E-state index contributed by atoms with van der Waals surface area (Å²) in [7, 11) is -3.59. The molecule has 0 fully saturated rings. The first-order valence-corrected chi connectivity index (χ1v) is 7.91. The average Bonchev–Trinajstić information content (AvgIpc) is 2.21. The molecule has 2 N–H and O–H groups in total. The first-order valence-electron chi connectivity index (χ1n) is 6.25. The quantitative estimate of drug-likeness (QED) is 0.728. The van der Waals surface area contributed by atoms with Crippen molar-refractivity contribution >= 4 is 21.7 Å². The van der Waals surface area contributed by atoms with Gasteiger partial charge in [-0.2, -0.15) is 0 Å². The molecule has 0 aromatic rings. The van der Waals surface area contributed by atoms with E-state index in [9.17, 15) is 18.0 Å². The fourth-order valence-corrected chi connectivity index (χ4v) is 2.15. The van der Waals surface area contributed by atoms with Crippen molar-refractivity contribution in [3.63, 3.8) is 0 Å². The molecule has 0 aliphatic heterocycles. The lowest BCUT2D eigenvalue weighted by Gasteiger charge is -2.20. The van der Waals surface area contributed by atoms with Crippen molar-refractivity contribution in [2.45, 2.75) is 57.7 Å². The van der Waals surface area contributed by atoms with E-state index < -0.39 is 38.3 Å². The molecule has 1 atom stereocenters. The van der Waals surface area contributed by atoms with Gasteiger partial charge in [-0.3, -0.25) is 4.79 Å². The Labute approximate surface area is 114 Å². The van der Waals surface area contributed by atoms with Gasteiger partial charge in [0.15, 0.2) is 9.84 Å². The number of carboxylic acids is 1. The largest absolute Gasteiger partial charge is 0.480 e. The Morgan fingerprint density at radius 3 is 2.16 bits per heavy atom. The number of rotatable bonds is 7. The molecule has 0 aliphatic carbocycles. The van der Waals surface area contributed by atoms with Gasteiger partial charge < -0.3 is 10.4 Å². The van der Waals surface area contributed by atoms with Crippen molar-refractivity contribution in [1.82, 2.24) is 5.32 Å². The molecule has 0 aromatic heterocycles. The number of amides is 1. The fourth-order valence-electron chi connectivity index (χ4n) is 1.29. The lowest BCUT2D eigenvalue weighted by atomic mass is 10.1. The minimum absolute atomic E-state index is 0.299. The van der Waals surface area contributed by atoms with Gasteiger partial charge >= 0.3 is 5.97 Å². The highest BCUT2D eigenvalue weighted by atomic mass is 32.2. The minimum atomic E-state index is -3.59. The number of carbonyl (C=O) groups excluding carboxylic acids is 1. The van der Waals surface area contributed by atoms with Crippen LogP contribution in [0.15, 0.2) is 0 Å². The SMILES string of the molecule is CCCC[C@H](NC(=O)CS(=O)(=O)C(C)(C)C)C(=O)O. The first-order chi connectivity index (χ1) is 8.51. The highest BCUT2D eigenvalue weighted by Gasteiger charge is 2.32. The number of nitrogens with one attached hydrogen (secondary N) is 1. The Balaban J connectivity index is 4.64. The fraction of sp³-hybridized carbons (Fsp3) is 0.833. The van der Waals surface area contributed by atoms with Gasteiger partial charge in [0.25, 0.3) is 0 Å². The number of carboxylic acid groups (broad SMARTS) is 1. The van der Waals surface area contributed by atoms with Crippen LogP contribution in [0.3, 0.4) is 0 Å². The maximum absolute atomic E-state index is 11.8. The Morgan fingerprint density at radius 1 is 1.26 bits per heavy atom. The van der Waals surface area contributed by atoms with E-state index in [0.29, 0.717) is 12.8 Å². The third-order valence-corrected chi connectivity index (χ3v) is 5.24. The molecular weight excluding hydrogens is 270 g/mol. The molecule has 1 amide bonds. The summed E-state index contributed by atoms with van der Waals surface area (Å²) in [6.07, 6.45) is 1.76. The maximum Gasteiger partial charge on any atom is 0.326 e. The minimum Gasteiger partial charge on any atom is -0.480 e. The standard InChI is InChI=1S/C12H23NO5S/c1-5-6-7-9(11(15)16)13-10(14)8-19(17,18)12(2,3)4/h9H,5-8H2,1-4H3,(H,13,14)(H,15,16)/t9-/m0/s1. The normalized spacial score (nSPS) is 13.9. The molecule has 0 aromatic carbocycles. The second kappa shape index (κ2) is 6.88. The van der Waals surface area contributed by atoms with Gasteiger partial charge in [0.2, 0.25) is 5.91 Å². The summed E-state index contributed by atoms with van der Waals surface area (Å²) in [5, 5.41) is 11.2. The van der Waals surface area contributed by atoms with Gasteiger partial charge in [0.1, 0.15) is 11.8 Å². The topological polar surface area (TPSA) is 101 Å². The zero-order valence-electron chi connectivity index (χ0n) is 11.9. The van der Waals surface area contributed by atoms with Gasteiger partial charge in [0.05, 0.1) is 4.75 Å². The Bertz CT molecular complexity index is 422. The maximum atomic E-state index is 11.8. The highest BCUT2D eigenvalue weighted by Crippen LogP contribution is 2.15. The molecule has 7 heteroatoms. The molecule has 0 saturated carbocycles. The van der Waals surface area contributed by atoms with E-state index >= 15 is 0 Å². The van der Waals surface area contributed by atoms with Crippen molar-refractivity contribution in [1.29, 1.82) is 0 Å². The lowest BCUT2D eigenvalue weighted by molar-refractivity contribution is -0.141. The van der Waals surface area contributed by atoms with Crippen LogP contribution in [0.5, 0.6) is 0 Å². The summed E-state index contributed by atoms with van der Waals surface area (Å²) in [6, 6.07) is -1.03. The van der Waals surface area contributed by atoms with Gasteiger partial charge in [-0.05, 0) is 27.2 Å². The average molecular weight is 293 g/mol. The molecule has 0 bridgehead atoms. The van der Waals surface area contributed by atoms with Crippen LogP contribution in [-0.2, 0) is 19.4 Å². The molecule has 0 heterocycles. The van der Waals surface area contributed by atoms with Crippen molar-refractivity contribution in [2.24, 2.45) is 0 Å². The van der Waals surface area contributed by atoms with Gasteiger partial charge in [0, 0.05) is 0 Å². The molecule has 0 saturated heterocycles. The second-order valence-electron chi connectivity index (χ2n) is 5.47. The van der Waals surface area contributed by atoms with Crippen LogP contribution in [0, 0.1) is 0 Å². The first kappa shape index (κ1) is 17.9. The van der Waals surface area contributed by atoms with Crippen LogP contribution in [0.1, 0.15) is 47.0 Å².